The van der Waals surface area contributed by atoms with Crippen LogP contribution in [0.15, 0.2) is 74.4 Å². The van der Waals surface area contributed by atoms with E-state index in [1.54, 1.807) is 4.68 Å². The number of benzene rings is 2. The molecule has 1 amide bonds. The highest BCUT2D eigenvalue weighted by Gasteiger charge is 2.24. The molecule has 11 heteroatoms. The summed E-state index contributed by atoms with van der Waals surface area (Å²) in [5.74, 6) is 0.486. The molecule has 1 aliphatic rings. The molecule has 0 aliphatic carbocycles. The van der Waals surface area contributed by atoms with Crippen LogP contribution < -0.4 is 5.32 Å². The van der Waals surface area contributed by atoms with Gasteiger partial charge in [0.05, 0.1) is 16.6 Å². The van der Waals surface area contributed by atoms with Crippen molar-refractivity contribution in [2.45, 2.75) is 23.8 Å². The number of nitrogens with zero attached hydrogens (tertiary/aromatic N) is 6. The van der Waals surface area contributed by atoms with Gasteiger partial charge in [-0.1, -0.05) is 76.7 Å². The van der Waals surface area contributed by atoms with Crippen LogP contribution in [0.1, 0.15) is 18.9 Å². The van der Waals surface area contributed by atoms with Crippen LogP contribution in [0, 0.1) is 0 Å². The third-order valence-electron chi connectivity index (χ3n) is 4.37. The van der Waals surface area contributed by atoms with Gasteiger partial charge in [-0.15, -0.1) is 10.2 Å². The lowest BCUT2D eigenvalue weighted by Gasteiger charge is -2.16. The number of amidine groups is 1. The third kappa shape index (κ3) is 5.41. The zero-order valence-corrected chi connectivity index (χ0v) is 19.7. The lowest BCUT2D eigenvalue weighted by Crippen LogP contribution is -2.37. The zero-order chi connectivity index (χ0) is 21.6. The molecule has 8 nitrogen and oxygen atoms in total. The van der Waals surface area contributed by atoms with Gasteiger partial charge in [0.15, 0.2) is 5.17 Å². The molecule has 0 fully saturated rings. The monoisotopic (exact) mass is 515 g/mol. The quantitative estimate of drug-likeness (QED) is 0.499. The topological polar surface area (TPSA) is 97.4 Å². The van der Waals surface area contributed by atoms with E-state index < -0.39 is 0 Å². The average molecular weight is 516 g/mol. The Kier molecular flexibility index (Phi) is 7.15. The minimum atomic E-state index is -0.367. The molecular formula is C20H18BrN7OS2. The van der Waals surface area contributed by atoms with Crippen molar-refractivity contribution in [1.82, 2.24) is 25.5 Å². The predicted molar refractivity (Wildman–Crippen MR) is 128 cm³/mol. The van der Waals surface area contributed by atoms with Crippen LogP contribution in [0.2, 0.25) is 0 Å². The van der Waals surface area contributed by atoms with Gasteiger partial charge in [-0.3, -0.25) is 4.79 Å². The Bertz CT molecular complexity index is 1120. The molecule has 2 heterocycles. The summed E-state index contributed by atoms with van der Waals surface area (Å²) in [4.78, 5) is 12.8. The Morgan fingerprint density at radius 1 is 1.19 bits per heavy atom. The van der Waals surface area contributed by atoms with Gasteiger partial charge < -0.3 is 5.32 Å². The molecular weight excluding hydrogens is 498 g/mol. The summed E-state index contributed by atoms with van der Waals surface area (Å²) in [5.41, 5.74) is 2.73. The molecule has 1 aliphatic heterocycles. The Balaban J connectivity index is 1.42. The predicted octanol–water partition coefficient (Wildman–Crippen LogP) is 3.92. The van der Waals surface area contributed by atoms with Crippen molar-refractivity contribution in [2.75, 3.05) is 5.75 Å². The number of rotatable bonds is 6. The average Bonchev–Trinajstić information content (AvgIpc) is 3.27. The van der Waals surface area contributed by atoms with E-state index in [4.69, 9.17) is 0 Å². The van der Waals surface area contributed by atoms with E-state index in [2.05, 4.69) is 47.0 Å². The maximum atomic E-state index is 12.8. The molecule has 0 bridgehead atoms. The van der Waals surface area contributed by atoms with Gasteiger partial charge in [0.2, 0.25) is 11.1 Å². The van der Waals surface area contributed by atoms with E-state index in [-0.39, 0.29) is 11.2 Å². The number of carbonyl (C=O) groups is 1. The van der Waals surface area contributed by atoms with Gasteiger partial charge in [-0.2, -0.15) is 9.78 Å². The van der Waals surface area contributed by atoms with E-state index in [0.717, 1.165) is 21.4 Å². The number of hydrogen-bond acceptors (Lipinski definition) is 8. The Hall–Kier alpha value is -2.50. The second kappa shape index (κ2) is 10.2. The van der Waals surface area contributed by atoms with Gasteiger partial charge in [-0.05, 0) is 46.7 Å². The highest BCUT2D eigenvalue weighted by atomic mass is 79.9. The highest BCUT2D eigenvalue weighted by Crippen LogP contribution is 2.25. The van der Waals surface area contributed by atoms with Gasteiger partial charge in [-0.25, -0.2) is 0 Å². The Labute approximate surface area is 196 Å². The van der Waals surface area contributed by atoms with E-state index >= 15 is 0 Å². The fourth-order valence-corrected chi connectivity index (χ4v) is 4.71. The first kappa shape index (κ1) is 21.7. The summed E-state index contributed by atoms with van der Waals surface area (Å²) in [7, 11) is 0. The van der Waals surface area contributed by atoms with Gasteiger partial charge in [0, 0.05) is 10.2 Å². The standard InChI is InChI=1S/C20H18BrN7OS2/c1-2-17(31-20-25-26-27-28(20)15-6-4-3-5-7-15)18(29)22-19-24-23-16(12-30-19)13-8-10-14(21)11-9-13/h3-11,17H,2,12H2,1H3,(H,22,24,29). The second-order valence-electron chi connectivity index (χ2n) is 6.46. The van der Waals surface area contributed by atoms with E-state index in [0.29, 0.717) is 22.5 Å². The molecule has 0 saturated carbocycles. The molecule has 0 radical (unpaired) electrons. The maximum absolute atomic E-state index is 12.8. The van der Waals surface area contributed by atoms with Crippen LogP contribution >= 0.6 is 39.5 Å². The van der Waals surface area contributed by atoms with Crippen molar-refractivity contribution >= 4 is 56.2 Å². The van der Waals surface area contributed by atoms with Crippen LogP contribution in [0.5, 0.6) is 0 Å². The van der Waals surface area contributed by atoms with Crippen molar-refractivity contribution in [1.29, 1.82) is 0 Å². The number of hydrogen-bond donors (Lipinski definition) is 1. The minimum absolute atomic E-state index is 0.149. The third-order valence-corrected chi connectivity index (χ3v) is 7.07. The van der Waals surface area contributed by atoms with Gasteiger partial charge in [0.1, 0.15) is 0 Å². The first-order chi connectivity index (χ1) is 15.1. The molecule has 2 aromatic carbocycles. The summed E-state index contributed by atoms with van der Waals surface area (Å²) in [5, 5.41) is 23.9. The molecule has 1 atom stereocenters. The van der Waals surface area contributed by atoms with Crippen molar-refractivity contribution in [3.05, 3.63) is 64.6 Å². The van der Waals surface area contributed by atoms with E-state index in [9.17, 15) is 4.79 Å². The van der Waals surface area contributed by atoms with E-state index in [1.165, 1.54) is 23.5 Å². The molecule has 0 spiro atoms. The zero-order valence-electron chi connectivity index (χ0n) is 16.5. The summed E-state index contributed by atoms with van der Waals surface area (Å²) in [6, 6.07) is 17.5. The molecule has 1 aromatic heterocycles. The second-order valence-corrected chi connectivity index (χ2v) is 9.51. The highest BCUT2D eigenvalue weighted by molar-refractivity contribution is 9.10. The van der Waals surface area contributed by atoms with Crippen molar-refractivity contribution in [3.8, 4) is 5.69 Å². The van der Waals surface area contributed by atoms with Gasteiger partial charge >= 0.3 is 0 Å². The lowest BCUT2D eigenvalue weighted by molar-refractivity contribution is -0.119. The number of amides is 1. The lowest BCUT2D eigenvalue weighted by atomic mass is 10.1. The number of nitrogens with one attached hydrogen (secondary N) is 1. The largest absolute Gasteiger partial charge is 0.303 e. The number of halogens is 1. The van der Waals surface area contributed by atoms with Crippen LogP contribution in [0.25, 0.3) is 5.69 Å². The molecule has 31 heavy (non-hydrogen) atoms. The fourth-order valence-electron chi connectivity index (χ4n) is 2.76. The first-order valence-corrected chi connectivity index (χ1v) is 12.1. The number of para-hydroxylation sites is 1. The van der Waals surface area contributed by atoms with Crippen LogP contribution in [-0.2, 0) is 4.79 Å². The summed E-state index contributed by atoms with van der Waals surface area (Å²) in [6.45, 7) is 1.95. The van der Waals surface area contributed by atoms with Crippen molar-refractivity contribution < 1.29 is 4.79 Å². The number of carbonyl (C=O) groups excluding carboxylic acids is 1. The molecule has 1 N–H and O–H groups in total. The molecule has 3 aromatic rings. The van der Waals surface area contributed by atoms with Gasteiger partial charge in [0.25, 0.3) is 0 Å². The summed E-state index contributed by atoms with van der Waals surface area (Å²) >= 11 is 6.21. The normalized spacial score (nSPS) is 14.5. The van der Waals surface area contributed by atoms with Crippen molar-refractivity contribution in [3.63, 3.8) is 0 Å². The molecule has 1 unspecified atom stereocenters. The number of thioether (sulfide) groups is 2. The SMILES string of the molecule is CCC(Sc1nnnn1-c1ccccc1)C(=O)NC1=NN=C(c2ccc(Br)cc2)CS1. The molecule has 158 valence electrons. The number of aromatic nitrogens is 4. The van der Waals surface area contributed by atoms with Crippen molar-refractivity contribution in [2.24, 2.45) is 10.2 Å². The summed E-state index contributed by atoms with van der Waals surface area (Å²) < 4.78 is 2.64. The Morgan fingerprint density at radius 2 is 1.97 bits per heavy atom. The smallest absolute Gasteiger partial charge is 0.239 e. The number of tetrazole rings is 1. The van der Waals surface area contributed by atoms with Crippen LogP contribution in [0.4, 0.5) is 0 Å². The fraction of sp³-hybridized carbons (Fsp3) is 0.200. The van der Waals surface area contributed by atoms with Crippen LogP contribution in [0.3, 0.4) is 0 Å². The molecule has 0 saturated heterocycles. The minimum Gasteiger partial charge on any atom is -0.303 e. The summed E-state index contributed by atoms with van der Waals surface area (Å²) in [6.07, 6.45) is 0.615. The van der Waals surface area contributed by atoms with Crippen LogP contribution in [-0.4, -0.2) is 48.0 Å². The Morgan fingerprint density at radius 3 is 2.65 bits per heavy atom. The maximum Gasteiger partial charge on any atom is 0.239 e. The first-order valence-electron chi connectivity index (χ1n) is 9.48. The van der Waals surface area contributed by atoms with E-state index in [1.807, 2.05) is 61.5 Å². The molecule has 4 rings (SSSR count).